The minimum atomic E-state index is -1.15. The lowest BCUT2D eigenvalue weighted by molar-refractivity contribution is -0.140. The van der Waals surface area contributed by atoms with Crippen molar-refractivity contribution in [3.63, 3.8) is 0 Å². The molecule has 0 atom stereocenters. The van der Waals surface area contributed by atoms with E-state index in [2.05, 4.69) is 9.80 Å². The second-order valence-electron chi connectivity index (χ2n) is 8.11. The van der Waals surface area contributed by atoms with Gasteiger partial charge in [0.1, 0.15) is 28.3 Å². The number of hydrogen-bond donors (Lipinski definition) is 1. The molecule has 11 heteroatoms. The summed E-state index contributed by atoms with van der Waals surface area (Å²) in [6, 6.07) is 2.04. The van der Waals surface area contributed by atoms with Crippen LogP contribution in [0.1, 0.15) is 36.5 Å². The van der Waals surface area contributed by atoms with E-state index >= 15 is 0 Å². The molecule has 1 amide bonds. The summed E-state index contributed by atoms with van der Waals surface area (Å²) < 4.78 is 1.83. The predicted molar refractivity (Wildman–Crippen MR) is 132 cm³/mol. The molecule has 3 heterocycles. The lowest BCUT2D eigenvalue weighted by atomic mass is 10.0. The summed E-state index contributed by atoms with van der Waals surface area (Å²) in [4.78, 5) is 43.0. The number of unbranched alkanes of at least 4 members (excludes halogenated alkanes) is 1. The van der Waals surface area contributed by atoms with Crippen LogP contribution in [-0.4, -0.2) is 75.4 Å². The lowest BCUT2D eigenvalue weighted by Crippen LogP contribution is -2.47. The van der Waals surface area contributed by atoms with Crippen molar-refractivity contribution in [1.29, 1.82) is 5.26 Å². The number of nitrogens with zero attached hydrogens (tertiary/aromatic N) is 5. The fourth-order valence-corrected chi connectivity index (χ4v) is 5.17. The van der Waals surface area contributed by atoms with Crippen LogP contribution in [0.2, 0.25) is 0 Å². The Kier molecular flexibility index (Phi) is 7.94. The maximum Gasteiger partial charge on any atom is 0.323 e. The average molecular weight is 490 g/mol. The monoisotopic (exact) mass is 489 g/mol. The van der Waals surface area contributed by atoms with Crippen molar-refractivity contribution in [2.75, 3.05) is 44.7 Å². The van der Waals surface area contributed by atoms with Gasteiger partial charge in [-0.2, -0.15) is 5.26 Å². The molecule has 0 bridgehead atoms. The van der Waals surface area contributed by atoms with Crippen molar-refractivity contribution in [1.82, 2.24) is 14.4 Å². The Hall–Kier alpha value is -2.68. The zero-order valence-corrected chi connectivity index (χ0v) is 20.6. The number of amides is 1. The molecule has 2 saturated heterocycles. The van der Waals surface area contributed by atoms with Gasteiger partial charge in [0.15, 0.2) is 0 Å². The number of aromatic nitrogens is 1. The first kappa shape index (κ1) is 25.0. The Morgan fingerprint density at radius 1 is 1.27 bits per heavy atom. The number of carbonyl (C=O) groups excluding carboxylic acids is 1. The molecule has 9 nitrogen and oxygen atoms in total. The first-order valence-corrected chi connectivity index (χ1v) is 12.0. The summed E-state index contributed by atoms with van der Waals surface area (Å²) >= 11 is 6.26. The highest BCUT2D eigenvalue weighted by Crippen LogP contribution is 2.36. The van der Waals surface area contributed by atoms with Gasteiger partial charge in [-0.15, -0.1) is 0 Å². The van der Waals surface area contributed by atoms with Crippen LogP contribution < -0.4 is 10.5 Å². The SMILES string of the molecule is CCCCn1c(N2CCN(C)CC2)c(C=C2SC(=S)N(CC(=O)O)C2=O)c(C)c(C#N)c1=O. The van der Waals surface area contributed by atoms with Gasteiger partial charge in [0.05, 0.1) is 4.91 Å². The zero-order valence-electron chi connectivity index (χ0n) is 19.0. The molecule has 0 aromatic carbocycles. The number of likely N-dealkylation sites (N-methyl/N-ethyl adjacent to an activating group) is 1. The van der Waals surface area contributed by atoms with E-state index in [1.165, 1.54) is 0 Å². The van der Waals surface area contributed by atoms with Crippen LogP contribution in [0.3, 0.4) is 0 Å². The third-order valence-electron chi connectivity index (χ3n) is 5.83. The third kappa shape index (κ3) is 5.13. The number of anilines is 1. The van der Waals surface area contributed by atoms with Crippen molar-refractivity contribution < 1.29 is 14.7 Å². The van der Waals surface area contributed by atoms with Gasteiger partial charge in [-0.25, -0.2) is 0 Å². The maximum absolute atomic E-state index is 13.2. The molecule has 2 fully saturated rings. The van der Waals surface area contributed by atoms with Crippen molar-refractivity contribution in [2.24, 2.45) is 0 Å². The molecule has 0 unspecified atom stereocenters. The fraction of sp³-hybridized carbons (Fsp3) is 0.500. The average Bonchev–Trinajstić information content (AvgIpc) is 3.03. The Morgan fingerprint density at radius 2 is 1.94 bits per heavy atom. The number of carboxylic acid groups (broad SMARTS) is 1. The van der Waals surface area contributed by atoms with Gasteiger partial charge in [0, 0.05) is 38.3 Å². The molecule has 0 radical (unpaired) electrons. The second-order valence-corrected chi connectivity index (χ2v) is 9.79. The van der Waals surface area contributed by atoms with Crippen molar-refractivity contribution in [2.45, 2.75) is 33.2 Å². The van der Waals surface area contributed by atoms with Crippen molar-refractivity contribution in [3.8, 4) is 6.07 Å². The molecule has 2 aliphatic heterocycles. The minimum Gasteiger partial charge on any atom is -0.480 e. The van der Waals surface area contributed by atoms with Crippen LogP contribution in [0, 0.1) is 18.3 Å². The summed E-state index contributed by atoms with van der Waals surface area (Å²) in [7, 11) is 2.04. The van der Waals surface area contributed by atoms with Crippen LogP contribution in [-0.2, 0) is 16.1 Å². The molecule has 176 valence electrons. The summed E-state index contributed by atoms with van der Waals surface area (Å²) in [6.07, 6.45) is 3.31. The highest BCUT2D eigenvalue weighted by Gasteiger charge is 2.34. The number of pyridine rings is 1. The van der Waals surface area contributed by atoms with E-state index in [9.17, 15) is 19.6 Å². The Morgan fingerprint density at radius 3 is 2.52 bits per heavy atom. The molecular weight excluding hydrogens is 462 g/mol. The van der Waals surface area contributed by atoms with E-state index < -0.39 is 18.4 Å². The second kappa shape index (κ2) is 10.5. The van der Waals surface area contributed by atoms with E-state index in [-0.39, 0.29) is 20.3 Å². The van der Waals surface area contributed by atoms with E-state index in [4.69, 9.17) is 17.3 Å². The first-order chi connectivity index (χ1) is 15.7. The molecule has 0 saturated carbocycles. The number of hydrogen-bond acceptors (Lipinski definition) is 8. The molecule has 1 aromatic heterocycles. The van der Waals surface area contributed by atoms with Crippen LogP contribution in [0.15, 0.2) is 9.70 Å². The van der Waals surface area contributed by atoms with Crippen LogP contribution in [0.25, 0.3) is 6.08 Å². The Balaban J connectivity index is 2.21. The number of aliphatic carboxylic acids is 1. The molecule has 33 heavy (non-hydrogen) atoms. The van der Waals surface area contributed by atoms with E-state index in [0.29, 0.717) is 36.6 Å². The third-order valence-corrected chi connectivity index (χ3v) is 7.20. The lowest BCUT2D eigenvalue weighted by Gasteiger charge is -2.36. The summed E-state index contributed by atoms with van der Waals surface area (Å²) in [5.41, 5.74) is 0.861. The molecule has 0 aliphatic carbocycles. The standard InChI is InChI=1S/C22H27N5O4S2/c1-4-5-6-26-19(25-9-7-24(3)8-10-25)15(14(2)16(12-23)20(26)30)11-17-21(31)27(13-18(28)29)22(32)33-17/h11H,4-10,13H2,1-3H3,(H,28,29). The molecule has 2 aliphatic rings. The van der Waals surface area contributed by atoms with Gasteiger partial charge in [-0.1, -0.05) is 37.3 Å². The zero-order chi connectivity index (χ0) is 24.3. The maximum atomic E-state index is 13.2. The molecule has 1 N–H and O–H groups in total. The van der Waals surface area contributed by atoms with E-state index in [0.717, 1.165) is 42.6 Å². The topological polar surface area (TPSA) is 110 Å². The van der Waals surface area contributed by atoms with Gasteiger partial charge in [0.2, 0.25) is 0 Å². The summed E-state index contributed by atoms with van der Waals surface area (Å²) in [6.45, 7) is 6.76. The Bertz CT molecular complexity index is 1110. The summed E-state index contributed by atoms with van der Waals surface area (Å²) in [5.74, 6) is -0.941. The minimum absolute atomic E-state index is 0.0521. The highest BCUT2D eigenvalue weighted by molar-refractivity contribution is 8.26. The number of carboxylic acids is 1. The highest BCUT2D eigenvalue weighted by atomic mass is 32.2. The van der Waals surface area contributed by atoms with E-state index in [1.54, 1.807) is 17.6 Å². The fourth-order valence-electron chi connectivity index (χ4n) is 3.93. The largest absolute Gasteiger partial charge is 0.480 e. The van der Waals surface area contributed by atoms with Crippen molar-refractivity contribution >= 4 is 52.1 Å². The van der Waals surface area contributed by atoms with Gasteiger partial charge in [-0.05, 0) is 32.0 Å². The van der Waals surface area contributed by atoms with Crippen LogP contribution in [0.5, 0.6) is 0 Å². The van der Waals surface area contributed by atoms with Gasteiger partial charge < -0.3 is 14.9 Å². The summed E-state index contributed by atoms with van der Waals surface area (Å²) in [5, 5.41) is 18.9. The number of thioether (sulfide) groups is 1. The van der Waals surface area contributed by atoms with E-state index in [1.807, 2.05) is 20.0 Å². The molecule has 1 aromatic rings. The molecular formula is C22H27N5O4S2. The predicted octanol–water partition coefficient (Wildman–Crippen LogP) is 1.87. The number of carbonyl (C=O) groups is 2. The van der Waals surface area contributed by atoms with Gasteiger partial charge in [-0.3, -0.25) is 23.9 Å². The number of piperazine rings is 1. The van der Waals surface area contributed by atoms with Gasteiger partial charge >= 0.3 is 5.97 Å². The normalized spacial score (nSPS) is 18.3. The van der Waals surface area contributed by atoms with Crippen LogP contribution in [0.4, 0.5) is 5.82 Å². The number of nitriles is 1. The molecule has 3 rings (SSSR count). The number of thiocarbonyl (C=S) groups is 1. The van der Waals surface area contributed by atoms with Crippen molar-refractivity contribution in [3.05, 3.63) is 31.9 Å². The van der Waals surface area contributed by atoms with Gasteiger partial charge in [0.25, 0.3) is 11.5 Å². The molecule has 0 spiro atoms. The Labute approximate surface area is 202 Å². The number of rotatable bonds is 7. The van der Waals surface area contributed by atoms with Crippen LogP contribution >= 0.6 is 24.0 Å². The quantitative estimate of drug-likeness (QED) is 0.453. The smallest absolute Gasteiger partial charge is 0.323 e. The first-order valence-electron chi connectivity index (χ1n) is 10.8.